The van der Waals surface area contributed by atoms with Crippen LogP contribution in [0.4, 0.5) is 0 Å². The van der Waals surface area contributed by atoms with Crippen molar-refractivity contribution in [2.45, 2.75) is 26.8 Å². The van der Waals surface area contributed by atoms with Gasteiger partial charge >= 0.3 is 0 Å². The maximum absolute atomic E-state index is 11.7. The Hall–Kier alpha value is -1.26. The van der Waals surface area contributed by atoms with Gasteiger partial charge < -0.3 is 15.4 Å². The van der Waals surface area contributed by atoms with Crippen molar-refractivity contribution in [3.05, 3.63) is 28.8 Å². The van der Waals surface area contributed by atoms with E-state index >= 15 is 0 Å². The van der Waals surface area contributed by atoms with Gasteiger partial charge in [-0.15, -0.1) is 0 Å². The van der Waals surface area contributed by atoms with Crippen LogP contribution in [0.25, 0.3) is 0 Å². The zero-order valence-corrected chi connectivity index (χ0v) is 13.1. The minimum atomic E-state index is -0.101. The third kappa shape index (κ3) is 6.26. The molecule has 1 aromatic rings. The molecule has 4 nitrogen and oxygen atoms in total. The maximum atomic E-state index is 11.7. The Morgan fingerprint density at radius 2 is 2.15 bits per heavy atom. The zero-order chi connectivity index (χ0) is 15.0. The van der Waals surface area contributed by atoms with E-state index in [0.29, 0.717) is 29.8 Å². The van der Waals surface area contributed by atoms with Crippen LogP contribution in [0.1, 0.15) is 25.8 Å². The van der Waals surface area contributed by atoms with Crippen molar-refractivity contribution in [3.63, 3.8) is 0 Å². The van der Waals surface area contributed by atoms with Gasteiger partial charge in [-0.25, -0.2) is 0 Å². The first-order valence-corrected chi connectivity index (χ1v) is 7.23. The zero-order valence-electron chi connectivity index (χ0n) is 12.3. The van der Waals surface area contributed by atoms with Crippen LogP contribution >= 0.6 is 11.6 Å². The maximum Gasteiger partial charge on any atom is 0.257 e. The summed E-state index contributed by atoms with van der Waals surface area (Å²) in [5, 5.41) is 6.54. The smallest absolute Gasteiger partial charge is 0.257 e. The lowest BCUT2D eigenvalue weighted by Gasteiger charge is -2.12. The van der Waals surface area contributed by atoms with Gasteiger partial charge in [-0.2, -0.15) is 0 Å². The van der Waals surface area contributed by atoms with E-state index in [1.807, 2.05) is 13.1 Å². The summed E-state index contributed by atoms with van der Waals surface area (Å²) in [6, 6.07) is 5.38. The Morgan fingerprint density at radius 3 is 2.80 bits per heavy atom. The van der Waals surface area contributed by atoms with E-state index in [2.05, 4.69) is 24.5 Å². The summed E-state index contributed by atoms with van der Waals surface area (Å²) in [5.74, 6) is 1.16. The van der Waals surface area contributed by atoms with E-state index in [4.69, 9.17) is 16.3 Å². The van der Waals surface area contributed by atoms with Crippen LogP contribution in [-0.4, -0.2) is 26.1 Å². The van der Waals surface area contributed by atoms with Crippen LogP contribution in [0, 0.1) is 5.92 Å². The van der Waals surface area contributed by atoms with Crippen LogP contribution in [0.2, 0.25) is 5.02 Å². The van der Waals surface area contributed by atoms with E-state index in [0.717, 1.165) is 12.0 Å². The summed E-state index contributed by atoms with van der Waals surface area (Å²) in [6.07, 6.45) is 0.970. The molecule has 112 valence electrons. The normalized spacial score (nSPS) is 10.7. The summed E-state index contributed by atoms with van der Waals surface area (Å²) in [7, 11) is 1.85. The second-order valence-corrected chi connectivity index (χ2v) is 5.54. The van der Waals surface area contributed by atoms with E-state index in [1.54, 1.807) is 12.1 Å². The van der Waals surface area contributed by atoms with E-state index in [9.17, 15) is 4.79 Å². The van der Waals surface area contributed by atoms with Gasteiger partial charge in [0.05, 0.1) is 0 Å². The molecule has 0 saturated heterocycles. The molecule has 1 amide bonds. The predicted molar refractivity (Wildman–Crippen MR) is 82.2 cm³/mol. The molecule has 5 heteroatoms. The number of halogens is 1. The highest BCUT2D eigenvalue weighted by atomic mass is 35.5. The monoisotopic (exact) mass is 298 g/mol. The second kappa shape index (κ2) is 8.82. The summed E-state index contributed by atoms with van der Waals surface area (Å²) >= 11 is 5.95. The molecular weight excluding hydrogens is 276 g/mol. The Labute approximate surface area is 125 Å². The molecule has 0 fully saturated rings. The predicted octanol–water partition coefficient (Wildman–Crippen LogP) is 2.60. The van der Waals surface area contributed by atoms with Crippen molar-refractivity contribution in [1.29, 1.82) is 0 Å². The molecule has 0 radical (unpaired) electrons. The van der Waals surface area contributed by atoms with E-state index < -0.39 is 0 Å². The molecule has 0 atom stereocenters. The highest BCUT2D eigenvalue weighted by molar-refractivity contribution is 6.30. The molecule has 0 aliphatic heterocycles. The fraction of sp³-hybridized carbons (Fsp3) is 0.533. The lowest BCUT2D eigenvalue weighted by atomic mass is 10.1. The van der Waals surface area contributed by atoms with Crippen molar-refractivity contribution < 1.29 is 9.53 Å². The third-order valence-corrected chi connectivity index (χ3v) is 3.03. The summed E-state index contributed by atoms with van der Waals surface area (Å²) in [4.78, 5) is 11.7. The van der Waals surface area contributed by atoms with Crippen molar-refractivity contribution in [1.82, 2.24) is 10.6 Å². The Kier molecular flexibility index (Phi) is 7.41. The SMILES string of the molecule is CNCc1cc(Cl)ccc1OCC(=O)NCCC(C)C. The van der Waals surface area contributed by atoms with Gasteiger partial charge in [-0.3, -0.25) is 4.79 Å². The average molecular weight is 299 g/mol. The molecule has 0 heterocycles. The van der Waals surface area contributed by atoms with Gasteiger partial charge in [0.15, 0.2) is 6.61 Å². The lowest BCUT2D eigenvalue weighted by molar-refractivity contribution is -0.123. The van der Waals surface area contributed by atoms with Gasteiger partial charge in [0, 0.05) is 23.7 Å². The highest BCUT2D eigenvalue weighted by Gasteiger charge is 2.07. The number of hydrogen-bond acceptors (Lipinski definition) is 3. The number of amides is 1. The largest absolute Gasteiger partial charge is 0.483 e. The fourth-order valence-corrected chi connectivity index (χ4v) is 1.91. The van der Waals surface area contributed by atoms with Gasteiger partial charge in [0.2, 0.25) is 0 Å². The van der Waals surface area contributed by atoms with Gasteiger partial charge in [-0.1, -0.05) is 25.4 Å². The van der Waals surface area contributed by atoms with Crippen molar-refractivity contribution in [2.75, 3.05) is 20.2 Å². The van der Waals surface area contributed by atoms with Crippen molar-refractivity contribution >= 4 is 17.5 Å². The van der Waals surface area contributed by atoms with E-state index in [1.165, 1.54) is 0 Å². The number of carbonyl (C=O) groups excluding carboxylic acids is 1. The first kappa shape index (κ1) is 16.8. The van der Waals surface area contributed by atoms with E-state index in [-0.39, 0.29) is 12.5 Å². The molecule has 0 aliphatic carbocycles. The molecule has 1 rings (SSSR count). The molecule has 0 spiro atoms. The summed E-state index contributed by atoms with van der Waals surface area (Å²) in [6.45, 7) is 5.60. The van der Waals surface area contributed by atoms with Crippen molar-refractivity contribution in [3.8, 4) is 5.75 Å². The molecule has 0 bridgehead atoms. The second-order valence-electron chi connectivity index (χ2n) is 5.10. The summed E-state index contributed by atoms with van der Waals surface area (Å²) < 4.78 is 5.55. The number of hydrogen-bond donors (Lipinski definition) is 2. The van der Waals surface area contributed by atoms with Crippen LogP contribution in [0.3, 0.4) is 0 Å². The molecular formula is C15H23ClN2O2. The topological polar surface area (TPSA) is 50.4 Å². The minimum Gasteiger partial charge on any atom is -0.483 e. The van der Waals surface area contributed by atoms with Crippen LogP contribution in [0.15, 0.2) is 18.2 Å². The minimum absolute atomic E-state index is 0.0242. The van der Waals surface area contributed by atoms with Crippen LogP contribution in [0.5, 0.6) is 5.75 Å². The number of ether oxygens (including phenoxy) is 1. The Bertz CT molecular complexity index is 436. The Balaban J connectivity index is 2.46. The standard InChI is InChI=1S/C15H23ClN2O2/c1-11(2)6-7-18-15(19)10-20-14-5-4-13(16)8-12(14)9-17-3/h4-5,8,11,17H,6-7,9-10H2,1-3H3,(H,18,19). The van der Waals surface area contributed by atoms with Gasteiger partial charge in [0.25, 0.3) is 5.91 Å². The van der Waals surface area contributed by atoms with Crippen molar-refractivity contribution in [2.24, 2.45) is 5.92 Å². The molecule has 0 aromatic heterocycles. The first-order valence-electron chi connectivity index (χ1n) is 6.85. The molecule has 0 aliphatic rings. The molecule has 20 heavy (non-hydrogen) atoms. The molecule has 0 unspecified atom stereocenters. The average Bonchev–Trinajstić information content (AvgIpc) is 2.37. The molecule has 1 aromatic carbocycles. The Morgan fingerprint density at radius 1 is 1.40 bits per heavy atom. The molecule has 0 saturated carbocycles. The third-order valence-electron chi connectivity index (χ3n) is 2.79. The number of nitrogens with one attached hydrogen (secondary N) is 2. The highest BCUT2D eigenvalue weighted by Crippen LogP contribution is 2.22. The number of benzene rings is 1. The number of carbonyl (C=O) groups is 1. The van der Waals surface area contributed by atoms with Gasteiger partial charge in [-0.05, 0) is 37.6 Å². The molecule has 2 N–H and O–H groups in total. The first-order chi connectivity index (χ1) is 9.52. The quantitative estimate of drug-likeness (QED) is 0.775. The van der Waals surface area contributed by atoms with Crippen LogP contribution in [-0.2, 0) is 11.3 Å². The van der Waals surface area contributed by atoms with Crippen LogP contribution < -0.4 is 15.4 Å². The summed E-state index contributed by atoms with van der Waals surface area (Å²) in [5.41, 5.74) is 0.940. The number of rotatable bonds is 8. The van der Waals surface area contributed by atoms with Gasteiger partial charge in [0.1, 0.15) is 5.75 Å². The lowest BCUT2D eigenvalue weighted by Crippen LogP contribution is -2.30. The fourth-order valence-electron chi connectivity index (χ4n) is 1.71.